The van der Waals surface area contributed by atoms with Crippen LogP contribution in [0.3, 0.4) is 0 Å². The molecule has 0 aliphatic rings. The maximum Gasteiger partial charge on any atom is 0.337 e. The van der Waals surface area contributed by atoms with Gasteiger partial charge in [0.2, 0.25) is 0 Å². The van der Waals surface area contributed by atoms with Gasteiger partial charge in [0.15, 0.2) is 0 Å². The highest BCUT2D eigenvalue weighted by Crippen LogP contribution is 2.32. The van der Waals surface area contributed by atoms with Crippen molar-refractivity contribution in [2.24, 2.45) is 0 Å². The van der Waals surface area contributed by atoms with Crippen LogP contribution in [0.4, 0.5) is 0 Å². The number of carboxylic acid groups (broad SMARTS) is 1. The molecule has 0 aliphatic heterocycles. The number of benzene rings is 2. The predicted molar refractivity (Wildman–Crippen MR) is 68.9 cm³/mol. The third kappa shape index (κ3) is 2.43. The standard InChI is InChI=1S/C13H8Cl2O2/c14-11-7-12(15)10(13(16)17)6-9(11)8-4-2-1-3-5-8/h1-7H,(H,16,17). The average Bonchev–Trinajstić information content (AvgIpc) is 2.29. The summed E-state index contributed by atoms with van der Waals surface area (Å²) in [6.07, 6.45) is 0. The van der Waals surface area contributed by atoms with Crippen LogP contribution < -0.4 is 0 Å². The van der Waals surface area contributed by atoms with E-state index in [1.54, 1.807) is 0 Å². The van der Waals surface area contributed by atoms with E-state index in [0.29, 0.717) is 10.6 Å². The first-order valence-corrected chi connectivity index (χ1v) is 5.63. The van der Waals surface area contributed by atoms with Crippen LogP contribution in [-0.2, 0) is 0 Å². The first-order chi connectivity index (χ1) is 8.09. The molecule has 2 rings (SSSR count). The highest BCUT2D eigenvalue weighted by Gasteiger charge is 2.13. The Morgan fingerprint density at radius 2 is 1.65 bits per heavy atom. The topological polar surface area (TPSA) is 37.3 Å². The van der Waals surface area contributed by atoms with E-state index in [-0.39, 0.29) is 10.6 Å². The van der Waals surface area contributed by atoms with Crippen molar-refractivity contribution < 1.29 is 9.90 Å². The molecule has 2 aromatic rings. The zero-order valence-electron chi connectivity index (χ0n) is 8.65. The molecule has 0 amide bonds. The number of rotatable bonds is 2. The molecular formula is C13H8Cl2O2. The third-order valence-corrected chi connectivity index (χ3v) is 3.00. The molecule has 0 saturated heterocycles. The molecule has 0 aliphatic carbocycles. The van der Waals surface area contributed by atoms with Crippen molar-refractivity contribution in [3.63, 3.8) is 0 Å². The summed E-state index contributed by atoms with van der Waals surface area (Å²) in [7, 11) is 0. The molecule has 4 heteroatoms. The summed E-state index contributed by atoms with van der Waals surface area (Å²) in [6, 6.07) is 12.3. The van der Waals surface area contributed by atoms with Crippen LogP contribution in [0, 0.1) is 0 Å². The fourth-order valence-corrected chi connectivity index (χ4v) is 2.12. The summed E-state index contributed by atoms with van der Waals surface area (Å²) < 4.78 is 0. The average molecular weight is 267 g/mol. The molecule has 1 N–H and O–H groups in total. The van der Waals surface area contributed by atoms with Crippen LogP contribution in [0.25, 0.3) is 11.1 Å². The van der Waals surface area contributed by atoms with Gasteiger partial charge in [0.1, 0.15) is 0 Å². The predicted octanol–water partition coefficient (Wildman–Crippen LogP) is 4.36. The van der Waals surface area contributed by atoms with Gasteiger partial charge >= 0.3 is 5.97 Å². The first kappa shape index (κ1) is 12.0. The van der Waals surface area contributed by atoms with E-state index in [2.05, 4.69) is 0 Å². The summed E-state index contributed by atoms with van der Waals surface area (Å²) in [5.41, 5.74) is 1.57. The van der Waals surface area contributed by atoms with Crippen molar-refractivity contribution >= 4 is 29.2 Å². The number of carbonyl (C=O) groups is 1. The Morgan fingerprint density at radius 3 is 2.24 bits per heavy atom. The van der Waals surface area contributed by atoms with E-state index in [4.69, 9.17) is 28.3 Å². The second-order valence-electron chi connectivity index (χ2n) is 3.48. The molecule has 86 valence electrons. The second-order valence-corrected chi connectivity index (χ2v) is 4.30. The van der Waals surface area contributed by atoms with Crippen LogP contribution in [0.2, 0.25) is 10.0 Å². The molecule has 17 heavy (non-hydrogen) atoms. The lowest BCUT2D eigenvalue weighted by molar-refractivity contribution is 0.0697. The minimum Gasteiger partial charge on any atom is -0.478 e. The molecule has 0 atom stereocenters. The summed E-state index contributed by atoms with van der Waals surface area (Å²) in [5, 5.41) is 9.58. The van der Waals surface area contributed by atoms with E-state index in [1.807, 2.05) is 30.3 Å². The monoisotopic (exact) mass is 266 g/mol. The van der Waals surface area contributed by atoms with Gasteiger partial charge in [0, 0.05) is 10.6 Å². The first-order valence-electron chi connectivity index (χ1n) is 4.87. The molecule has 0 unspecified atom stereocenters. The van der Waals surface area contributed by atoms with Crippen molar-refractivity contribution in [1.29, 1.82) is 0 Å². The van der Waals surface area contributed by atoms with Crippen LogP contribution in [0.1, 0.15) is 10.4 Å². The number of halogens is 2. The Morgan fingerprint density at radius 1 is 1.00 bits per heavy atom. The van der Waals surface area contributed by atoms with Crippen LogP contribution in [0.15, 0.2) is 42.5 Å². The van der Waals surface area contributed by atoms with Crippen molar-refractivity contribution in [1.82, 2.24) is 0 Å². The van der Waals surface area contributed by atoms with Gasteiger partial charge < -0.3 is 5.11 Å². The quantitative estimate of drug-likeness (QED) is 0.877. The number of aromatic carboxylic acids is 1. The largest absolute Gasteiger partial charge is 0.478 e. The minimum absolute atomic E-state index is 0.0509. The fourth-order valence-electron chi connectivity index (χ4n) is 1.55. The van der Waals surface area contributed by atoms with Crippen LogP contribution in [0.5, 0.6) is 0 Å². The van der Waals surface area contributed by atoms with Crippen LogP contribution in [-0.4, -0.2) is 11.1 Å². The summed E-state index contributed by atoms with van der Waals surface area (Å²) in [6.45, 7) is 0. The molecule has 0 saturated carbocycles. The maximum atomic E-state index is 11.0. The van der Waals surface area contributed by atoms with Gasteiger partial charge in [0.25, 0.3) is 0 Å². The summed E-state index contributed by atoms with van der Waals surface area (Å²) in [4.78, 5) is 11.0. The Balaban J connectivity index is 2.63. The third-order valence-electron chi connectivity index (χ3n) is 2.37. The minimum atomic E-state index is -1.07. The maximum absolute atomic E-state index is 11.0. The van der Waals surface area contributed by atoms with Crippen molar-refractivity contribution in [2.45, 2.75) is 0 Å². The van der Waals surface area contributed by atoms with E-state index >= 15 is 0 Å². The summed E-state index contributed by atoms with van der Waals surface area (Å²) >= 11 is 11.9. The molecule has 2 nitrogen and oxygen atoms in total. The molecule has 0 heterocycles. The second kappa shape index (κ2) is 4.78. The molecule has 0 bridgehead atoms. The van der Waals surface area contributed by atoms with Crippen molar-refractivity contribution in [3.05, 3.63) is 58.1 Å². The number of hydrogen-bond donors (Lipinski definition) is 1. The van der Waals surface area contributed by atoms with E-state index in [9.17, 15) is 4.79 Å². The zero-order valence-corrected chi connectivity index (χ0v) is 10.2. The lowest BCUT2D eigenvalue weighted by Crippen LogP contribution is -1.98. The number of hydrogen-bond acceptors (Lipinski definition) is 1. The van der Waals surface area contributed by atoms with Crippen molar-refractivity contribution in [3.8, 4) is 11.1 Å². The van der Waals surface area contributed by atoms with Gasteiger partial charge in [-0.2, -0.15) is 0 Å². The van der Waals surface area contributed by atoms with Gasteiger partial charge in [0.05, 0.1) is 10.6 Å². The SMILES string of the molecule is O=C(O)c1cc(-c2ccccc2)c(Cl)cc1Cl. The molecule has 0 fully saturated rings. The summed E-state index contributed by atoms with van der Waals surface area (Å²) in [5.74, 6) is -1.07. The Bertz CT molecular complexity index is 565. The highest BCUT2D eigenvalue weighted by molar-refractivity contribution is 6.38. The fraction of sp³-hybridized carbons (Fsp3) is 0. The molecular weight excluding hydrogens is 259 g/mol. The van der Waals surface area contributed by atoms with Gasteiger partial charge in [-0.3, -0.25) is 0 Å². The van der Waals surface area contributed by atoms with Gasteiger partial charge in [-0.25, -0.2) is 4.79 Å². The Kier molecular flexibility index (Phi) is 3.36. The molecule has 2 aromatic carbocycles. The van der Waals surface area contributed by atoms with E-state index < -0.39 is 5.97 Å². The van der Waals surface area contributed by atoms with E-state index in [0.717, 1.165) is 5.56 Å². The molecule has 0 aromatic heterocycles. The molecule has 0 spiro atoms. The lowest BCUT2D eigenvalue weighted by Gasteiger charge is -2.07. The molecule has 0 radical (unpaired) electrons. The van der Waals surface area contributed by atoms with Gasteiger partial charge in [-0.15, -0.1) is 0 Å². The Labute approximate surface area is 108 Å². The van der Waals surface area contributed by atoms with Gasteiger partial charge in [-0.05, 0) is 17.7 Å². The normalized spacial score (nSPS) is 10.2. The highest BCUT2D eigenvalue weighted by atomic mass is 35.5. The van der Waals surface area contributed by atoms with Crippen molar-refractivity contribution in [2.75, 3.05) is 0 Å². The van der Waals surface area contributed by atoms with E-state index in [1.165, 1.54) is 12.1 Å². The smallest absolute Gasteiger partial charge is 0.337 e. The Hall–Kier alpha value is -1.51. The lowest BCUT2D eigenvalue weighted by atomic mass is 10.0. The number of carboxylic acids is 1. The zero-order chi connectivity index (χ0) is 12.4. The van der Waals surface area contributed by atoms with Crippen LogP contribution >= 0.6 is 23.2 Å². The van der Waals surface area contributed by atoms with Gasteiger partial charge in [-0.1, -0.05) is 53.5 Å².